The zero-order valence-electron chi connectivity index (χ0n) is 12.4. The smallest absolute Gasteiger partial charge is 0.306 e. The molecule has 114 valence electrons. The van der Waals surface area contributed by atoms with E-state index in [1.807, 2.05) is 0 Å². The van der Waals surface area contributed by atoms with Crippen LogP contribution in [0.1, 0.15) is 64.7 Å². The molecule has 4 nitrogen and oxygen atoms in total. The molecule has 0 radical (unpaired) electrons. The summed E-state index contributed by atoms with van der Waals surface area (Å²) in [7, 11) is 0. The molecular weight excluding hydrogens is 254 g/mol. The minimum atomic E-state index is -0.730. The lowest BCUT2D eigenvalue weighted by Crippen LogP contribution is -2.48. The highest BCUT2D eigenvalue weighted by atomic mass is 16.4. The largest absolute Gasteiger partial charge is 0.481 e. The van der Waals surface area contributed by atoms with Crippen LogP contribution in [0.15, 0.2) is 0 Å². The molecule has 1 amide bonds. The topological polar surface area (TPSA) is 66.4 Å². The van der Waals surface area contributed by atoms with E-state index in [4.69, 9.17) is 5.11 Å². The molecule has 0 saturated heterocycles. The molecule has 0 heterocycles. The van der Waals surface area contributed by atoms with Crippen LogP contribution in [0.5, 0.6) is 0 Å². The Morgan fingerprint density at radius 1 is 1.25 bits per heavy atom. The van der Waals surface area contributed by atoms with E-state index in [1.165, 1.54) is 25.7 Å². The number of carboxylic acids is 1. The highest BCUT2D eigenvalue weighted by molar-refractivity contribution is 5.79. The molecule has 2 fully saturated rings. The van der Waals surface area contributed by atoms with Gasteiger partial charge < -0.3 is 10.4 Å². The van der Waals surface area contributed by atoms with Gasteiger partial charge in [-0.25, -0.2) is 0 Å². The van der Waals surface area contributed by atoms with E-state index in [2.05, 4.69) is 12.2 Å². The van der Waals surface area contributed by atoms with Crippen LogP contribution in [0.3, 0.4) is 0 Å². The Hall–Kier alpha value is -1.06. The van der Waals surface area contributed by atoms with Gasteiger partial charge in [0.05, 0.1) is 5.92 Å². The number of hydrogen-bond acceptors (Lipinski definition) is 2. The van der Waals surface area contributed by atoms with Crippen molar-refractivity contribution in [2.45, 2.75) is 70.8 Å². The first-order valence-corrected chi connectivity index (χ1v) is 8.13. The molecule has 2 N–H and O–H groups in total. The number of nitrogens with one attached hydrogen (secondary N) is 1. The molecular formula is C16H27NO3. The standard InChI is InChI=1S/C16H27NO3/c1-2-5-12(8-11-6-3-4-7-11)15(18)17-14-9-13(10-14)16(19)20/h11-14H,2-10H2,1H3,(H,17,18)(H,19,20). The Kier molecular flexibility index (Phi) is 5.44. The monoisotopic (exact) mass is 281 g/mol. The molecule has 1 unspecified atom stereocenters. The van der Waals surface area contributed by atoms with Crippen LogP contribution in [0, 0.1) is 17.8 Å². The predicted molar refractivity (Wildman–Crippen MR) is 77.3 cm³/mol. The van der Waals surface area contributed by atoms with Crippen molar-refractivity contribution in [1.29, 1.82) is 0 Å². The maximum Gasteiger partial charge on any atom is 0.306 e. The average Bonchev–Trinajstić information content (AvgIpc) is 2.84. The highest BCUT2D eigenvalue weighted by Crippen LogP contribution is 2.33. The van der Waals surface area contributed by atoms with Gasteiger partial charge in [-0.3, -0.25) is 9.59 Å². The first-order chi connectivity index (χ1) is 9.60. The molecule has 0 aromatic carbocycles. The van der Waals surface area contributed by atoms with Crippen LogP contribution < -0.4 is 5.32 Å². The van der Waals surface area contributed by atoms with Crippen LogP contribution in [0.2, 0.25) is 0 Å². The molecule has 1 atom stereocenters. The zero-order chi connectivity index (χ0) is 14.5. The van der Waals surface area contributed by atoms with Gasteiger partial charge >= 0.3 is 5.97 Å². The van der Waals surface area contributed by atoms with Crippen LogP contribution in [-0.4, -0.2) is 23.0 Å². The van der Waals surface area contributed by atoms with Gasteiger partial charge in [-0.05, 0) is 31.6 Å². The van der Waals surface area contributed by atoms with Gasteiger partial charge in [0.25, 0.3) is 0 Å². The van der Waals surface area contributed by atoms with Gasteiger partial charge in [0.1, 0.15) is 0 Å². The number of carboxylic acid groups (broad SMARTS) is 1. The molecule has 2 aliphatic carbocycles. The van der Waals surface area contributed by atoms with E-state index < -0.39 is 5.97 Å². The lowest BCUT2D eigenvalue weighted by molar-refractivity contribution is -0.146. The Morgan fingerprint density at radius 3 is 2.45 bits per heavy atom. The molecule has 2 rings (SSSR count). The summed E-state index contributed by atoms with van der Waals surface area (Å²) in [6.45, 7) is 2.12. The van der Waals surface area contributed by atoms with Crippen molar-refractivity contribution in [3.63, 3.8) is 0 Å². The third-order valence-corrected chi connectivity index (χ3v) is 4.93. The maximum absolute atomic E-state index is 12.3. The molecule has 0 spiro atoms. The summed E-state index contributed by atoms with van der Waals surface area (Å²) < 4.78 is 0. The van der Waals surface area contributed by atoms with E-state index in [-0.39, 0.29) is 23.8 Å². The van der Waals surface area contributed by atoms with Crippen molar-refractivity contribution in [1.82, 2.24) is 5.32 Å². The summed E-state index contributed by atoms with van der Waals surface area (Å²) in [5.41, 5.74) is 0. The molecule has 20 heavy (non-hydrogen) atoms. The van der Waals surface area contributed by atoms with E-state index in [1.54, 1.807) is 0 Å². The molecule has 0 aliphatic heterocycles. The van der Waals surface area contributed by atoms with Crippen LogP contribution in [-0.2, 0) is 9.59 Å². The lowest BCUT2D eigenvalue weighted by atomic mass is 9.79. The highest BCUT2D eigenvalue weighted by Gasteiger charge is 2.36. The summed E-state index contributed by atoms with van der Waals surface area (Å²) in [5, 5.41) is 11.9. The number of hydrogen-bond donors (Lipinski definition) is 2. The first kappa shape index (κ1) is 15.3. The predicted octanol–water partition coefficient (Wildman–Crippen LogP) is 2.96. The molecule has 0 aromatic rings. The van der Waals surface area contributed by atoms with Crippen molar-refractivity contribution in [2.75, 3.05) is 0 Å². The van der Waals surface area contributed by atoms with Gasteiger partial charge in [-0.2, -0.15) is 0 Å². The van der Waals surface area contributed by atoms with Crippen LogP contribution in [0.25, 0.3) is 0 Å². The zero-order valence-corrected chi connectivity index (χ0v) is 12.4. The van der Waals surface area contributed by atoms with E-state index in [0.717, 1.165) is 25.2 Å². The van der Waals surface area contributed by atoms with Crippen molar-refractivity contribution in [3.8, 4) is 0 Å². The SMILES string of the molecule is CCCC(CC1CCCC1)C(=O)NC1CC(C(=O)O)C1. The molecule has 0 bridgehead atoms. The maximum atomic E-state index is 12.3. The fraction of sp³-hybridized carbons (Fsp3) is 0.875. The molecule has 2 saturated carbocycles. The third kappa shape index (κ3) is 3.97. The van der Waals surface area contributed by atoms with Gasteiger partial charge in [-0.1, -0.05) is 39.0 Å². The summed E-state index contributed by atoms with van der Waals surface area (Å²) in [4.78, 5) is 23.1. The lowest BCUT2D eigenvalue weighted by Gasteiger charge is -2.34. The van der Waals surface area contributed by atoms with Gasteiger partial charge in [-0.15, -0.1) is 0 Å². The summed E-state index contributed by atoms with van der Waals surface area (Å²) in [5.74, 6) is 0.0383. The average molecular weight is 281 g/mol. The van der Waals surface area contributed by atoms with E-state index in [0.29, 0.717) is 12.8 Å². The third-order valence-electron chi connectivity index (χ3n) is 4.93. The minimum Gasteiger partial charge on any atom is -0.481 e. The number of carbonyl (C=O) groups is 2. The van der Waals surface area contributed by atoms with E-state index in [9.17, 15) is 9.59 Å². The fourth-order valence-corrected chi connectivity index (χ4v) is 3.61. The molecule has 4 heteroatoms. The van der Waals surface area contributed by atoms with Crippen molar-refractivity contribution in [3.05, 3.63) is 0 Å². The number of rotatable bonds is 7. The molecule has 0 aromatic heterocycles. The van der Waals surface area contributed by atoms with Crippen molar-refractivity contribution >= 4 is 11.9 Å². The Labute approximate surface area is 121 Å². The number of carbonyl (C=O) groups excluding carboxylic acids is 1. The number of aliphatic carboxylic acids is 1. The summed E-state index contributed by atoms with van der Waals surface area (Å²) in [6.07, 6.45) is 9.39. The van der Waals surface area contributed by atoms with E-state index >= 15 is 0 Å². The van der Waals surface area contributed by atoms with Crippen molar-refractivity contribution in [2.24, 2.45) is 17.8 Å². The van der Waals surface area contributed by atoms with Gasteiger partial charge in [0.2, 0.25) is 5.91 Å². The second kappa shape index (κ2) is 7.09. The van der Waals surface area contributed by atoms with Crippen LogP contribution in [0.4, 0.5) is 0 Å². The number of amides is 1. The van der Waals surface area contributed by atoms with Crippen molar-refractivity contribution < 1.29 is 14.7 Å². The summed E-state index contributed by atoms with van der Waals surface area (Å²) >= 11 is 0. The second-order valence-corrected chi connectivity index (χ2v) is 6.58. The molecule has 2 aliphatic rings. The quantitative estimate of drug-likeness (QED) is 0.754. The van der Waals surface area contributed by atoms with Crippen LogP contribution >= 0.6 is 0 Å². The minimum absolute atomic E-state index is 0.0894. The fourth-order valence-electron chi connectivity index (χ4n) is 3.61. The first-order valence-electron chi connectivity index (χ1n) is 8.13. The Balaban J connectivity index is 1.76. The normalized spacial score (nSPS) is 27.9. The van der Waals surface area contributed by atoms with Gasteiger partial charge in [0, 0.05) is 12.0 Å². The Bertz CT molecular complexity index is 344. The second-order valence-electron chi connectivity index (χ2n) is 6.58. The summed E-state index contributed by atoms with van der Waals surface area (Å²) in [6, 6.07) is 0.0894. The Morgan fingerprint density at radius 2 is 1.90 bits per heavy atom. The van der Waals surface area contributed by atoms with Gasteiger partial charge in [0.15, 0.2) is 0 Å².